The lowest BCUT2D eigenvalue weighted by atomic mass is 9.92. The summed E-state index contributed by atoms with van der Waals surface area (Å²) in [7, 11) is 1.67. The van der Waals surface area contributed by atoms with Crippen LogP contribution in [0.2, 0.25) is 0 Å². The number of nitrogens with zero attached hydrogens (tertiary/aromatic N) is 4. The molecule has 11 heteroatoms. The number of halogens is 3. The minimum absolute atomic E-state index is 0.0950. The summed E-state index contributed by atoms with van der Waals surface area (Å²) in [5.41, 5.74) is 3.80. The first-order chi connectivity index (χ1) is 22.6. The molecule has 4 heterocycles. The van der Waals surface area contributed by atoms with Crippen molar-refractivity contribution in [1.82, 2.24) is 24.7 Å². The van der Waals surface area contributed by atoms with E-state index in [2.05, 4.69) is 26.7 Å². The quantitative estimate of drug-likeness (QED) is 0.215. The Hall–Kier alpha value is -3.93. The maximum atomic E-state index is 14.2. The molecule has 2 aliphatic heterocycles. The standard InChI is InChI=1S/C36H42F3N5O3/c1-4-42-14-16-43(17-15-42)23-27-6-5-25(19-32(27)36(37,38)39)20-34(45)44-13-10-26-7-8-29(22-30(26)24(44)2)47-33-9-12-40-35-31(33)21-28(41-35)11-18-46-3/h5-9,12,19,21-22,24H,4,10-11,13-18,20,23H2,1-3H3,(H,40,41)/t24-/m0/s1. The first-order valence-electron chi connectivity index (χ1n) is 16.3. The number of rotatable bonds is 10. The highest BCUT2D eigenvalue weighted by Gasteiger charge is 2.35. The minimum atomic E-state index is -4.50. The van der Waals surface area contributed by atoms with Crippen LogP contribution in [0, 0.1) is 0 Å². The molecule has 1 saturated heterocycles. The third-order valence-electron chi connectivity index (χ3n) is 9.47. The monoisotopic (exact) mass is 649 g/mol. The van der Waals surface area contributed by atoms with E-state index in [4.69, 9.17) is 9.47 Å². The van der Waals surface area contributed by atoms with Crippen LogP contribution in [0.4, 0.5) is 13.2 Å². The van der Waals surface area contributed by atoms with Gasteiger partial charge in [0, 0.05) is 64.7 Å². The Kier molecular flexibility index (Phi) is 9.86. The molecule has 0 radical (unpaired) electrons. The van der Waals surface area contributed by atoms with Crippen molar-refractivity contribution in [3.8, 4) is 11.5 Å². The van der Waals surface area contributed by atoms with Gasteiger partial charge in [-0.25, -0.2) is 4.98 Å². The number of amides is 1. The van der Waals surface area contributed by atoms with Crippen molar-refractivity contribution in [3.05, 3.63) is 88.2 Å². The highest BCUT2D eigenvalue weighted by molar-refractivity contribution is 5.84. The Morgan fingerprint density at radius 2 is 1.81 bits per heavy atom. The Balaban J connectivity index is 1.15. The number of hydrogen-bond acceptors (Lipinski definition) is 6. The molecule has 1 fully saturated rings. The zero-order valence-electron chi connectivity index (χ0n) is 27.2. The number of benzene rings is 2. The van der Waals surface area contributed by atoms with Crippen LogP contribution in [0.3, 0.4) is 0 Å². The van der Waals surface area contributed by atoms with Gasteiger partial charge in [0.15, 0.2) is 0 Å². The van der Waals surface area contributed by atoms with Crippen molar-refractivity contribution in [2.45, 2.75) is 51.9 Å². The number of H-pyrrole nitrogens is 1. The van der Waals surface area contributed by atoms with Crippen molar-refractivity contribution in [2.24, 2.45) is 0 Å². The second-order valence-corrected chi connectivity index (χ2v) is 12.5. The van der Waals surface area contributed by atoms with Gasteiger partial charge in [0.2, 0.25) is 5.91 Å². The number of alkyl halides is 3. The van der Waals surface area contributed by atoms with E-state index in [0.29, 0.717) is 36.6 Å². The molecule has 1 N–H and O–H groups in total. The molecule has 1 atom stereocenters. The fourth-order valence-electron chi connectivity index (χ4n) is 6.73. The predicted molar refractivity (Wildman–Crippen MR) is 175 cm³/mol. The Morgan fingerprint density at radius 3 is 2.55 bits per heavy atom. The van der Waals surface area contributed by atoms with E-state index in [1.807, 2.05) is 37.3 Å². The second-order valence-electron chi connectivity index (χ2n) is 12.5. The summed E-state index contributed by atoms with van der Waals surface area (Å²) in [6, 6.07) is 13.9. The zero-order chi connectivity index (χ0) is 33.1. The number of fused-ring (bicyclic) bond motifs is 2. The second kappa shape index (κ2) is 14.0. The molecule has 2 aromatic heterocycles. The van der Waals surface area contributed by atoms with Gasteiger partial charge in [-0.15, -0.1) is 0 Å². The van der Waals surface area contributed by atoms with Crippen LogP contribution in [0.15, 0.2) is 54.7 Å². The number of nitrogens with one attached hydrogen (secondary N) is 1. The summed E-state index contributed by atoms with van der Waals surface area (Å²) in [4.78, 5) is 27.5. The average Bonchev–Trinajstić information content (AvgIpc) is 3.49. The summed E-state index contributed by atoms with van der Waals surface area (Å²) >= 11 is 0. The number of carbonyl (C=O) groups excluding carboxylic acids is 1. The van der Waals surface area contributed by atoms with E-state index in [1.54, 1.807) is 30.3 Å². The number of aromatic nitrogens is 2. The summed E-state index contributed by atoms with van der Waals surface area (Å²) in [6.07, 6.45) is -1.52. The van der Waals surface area contributed by atoms with E-state index in [1.165, 1.54) is 6.07 Å². The van der Waals surface area contributed by atoms with E-state index in [-0.39, 0.29) is 30.5 Å². The molecule has 2 aliphatic rings. The number of aromatic amines is 1. The van der Waals surface area contributed by atoms with Crippen LogP contribution in [-0.2, 0) is 41.5 Å². The third-order valence-corrected chi connectivity index (χ3v) is 9.47. The predicted octanol–water partition coefficient (Wildman–Crippen LogP) is 6.39. The normalized spacial score (nSPS) is 17.7. The maximum Gasteiger partial charge on any atom is 0.416 e. The van der Waals surface area contributed by atoms with Crippen LogP contribution in [0.1, 0.15) is 53.4 Å². The van der Waals surface area contributed by atoms with E-state index >= 15 is 0 Å². The van der Waals surface area contributed by atoms with Gasteiger partial charge in [-0.1, -0.05) is 25.1 Å². The van der Waals surface area contributed by atoms with Gasteiger partial charge in [0.25, 0.3) is 0 Å². The summed E-state index contributed by atoms with van der Waals surface area (Å²) in [5, 5.41) is 0.865. The van der Waals surface area contributed by atoms with Gasteiger partial charge in [-0.3, -0.25) is 9.69 Å². The number of methoxy groups -OCH3 is 1. The van der Waals surface area contributed by atoms with Gasteiger partial charge in [-0.05, 0) is 72.5 Å². The molecular formula is C36H42F3N5O3. The number of likely N-dealkylation sites (N-methyl/N-ethyl adjacent to an activating group) is 1. The lowest BCUT2D eigenvalue weighted by Crippen LogP contribution is -2.45. The van der Waals surface area contributed by atoms with Crippen LogP contribution < -0.4 is 4.74 Å². The van der Waals surface area contributed by atoms with Crippen LogP contribution >= 0.6 is 0 Å². The highest BCUT2D eigenvalue weighted by atomic mass is 19.4. The molecule has 47 heavy (non-hydrogen) atoms. The SMILES string of the molecule is CCN1CCN(Cc2ccc(CC(=O)N3CCc4ccc(Oc5ccnc6[nH]c(CCOC)cc56)cc4[C@@H]3C)cc2C(F)(F)F)CC1. The first kappa shape index (κ1) is 33.0. The number of pyridine rings is 1. The zero-order valence-corrected chi connectivity index (χ0v) is 27.2. The Bertz CT molecular complexity index is 1710. The minimum Gasteiger partial charge on any atom is -0.457 e. The molecule has 8 nitrogen and oxygen atoms in total. The third kappa shape index (κ3) is 7.47. The molecular weight excluding hydrogens is 607 g/mol. The number of carbonyl (C=O) groups is 1. The lowest BCUT2D eigenvalue weighted by molar-refractivity contribution is -0.139. The molecule has 0 unspecified atom stereocenters. The molecule has 0 bridgehead atoms. The average molecular weight is 650 g/mol. The fourth-order valence-corrected chi connectivity index (χ4v) is 6.73. The highest BCUT2D eigenvalue weighted by Crippen LogP contribution is 2.37. The van der Waals surface area contributed by atoms with Crippen molar-refractivity contribution >= 4 is 16.9 Å². The van der Waals surface area contributed by atoms with E-state index in [0.717, 1.165) is 67.0 Å². The van der Waals surface area contributed by atoms with E-state index in [9.17, 15) is 18.0 Å². The van der Waals surface area contributed by atoms with Crippen molar-refractivity contribution < 1.29 is 27.4 Å². The smallest absolute Gasteiger partial charge is 0.416 e. The largest absolute Gasteiger partial charge is 0.457 e. The number of ether oxygens (including phenoxy) is 2. The molecule has 6 rings (SSSR count). The molecule has 4 aromatic rings. The number of hydrogen-bond donors (Lipinski definition) is 1. The molecule has 2 aromatic carbocycles. The van der Waals surface area contributed by atoms with Gasteiger partial charge in [-0.2, -0.15) is 13.2 Å². The van der Waals surface area contributed by atoms with Crippen LogP contribution in [0.5, 0.6) is 11.5 Å². The van der Waals surface area contributed by atoms with Crippen molar-refractivity contribution in [2.75, 3.05) is 53.0 Å². The molecule has 0 saturated carbocycles. The lowest BCUT2D eigenvalue weighted by Gasteiger charge is -2.36. The van der Waals surface area contributed by atoms with Gasteiger partial charge < -0.3 is 24.3 Å². The number of piperazine rings is 1. The maximum absolute atomic E-state index is 14.2. The van der Waals surface area contributed by atoms with Crippen molar-refractivity contribution in [3.63, 3.8) is 0 Å². The molecule has 250 valence electrons. The van der Waals surface area contributed by atoms with Gasteiger partial charge in [0.1, 0.15) is 17.1 Å². The summed E-state index contributed by atoms with van der Waals surface area (Å²) in [6.45, 7) is 9.51. The Morgan fingerprint density at radius 1 is 1.02 bits per heavy atom. The molecule has 1 amide bonds. The fraction of sp³-hybridized carbons (Fsp3) is 0.444. The Labute approximate surface area is 273 Å². The summed E-state index contributed by atoms with van der Waals surface area (Å²) < 4.78 is 54.1. The molecule has 0 spiro atoms. The summed E-state index contributed by atoms with van der Waals surface area (Å²) in [5.74, 6) is 1.11. The first-order valence-corrected chi connectivity index (χ1v) is 16.3. The van der Waals surface area contributed by atoms with Gasteiger partial charge in [0.05, 0.1) is 30.0 Å². The van der Waals surface area contributed by atoms with Crippen molar-refractivity contribution in [1.29, 1.82) is 0 Å². The van der Waals surface area contributed by atoms with Crippen LogP contribution in [0.25, 0.3) is 11.0 Å². The van der Waals surface area contributed by atoms with Crippen LogP contribution in [-0.4, -0.2) is 83.6 Å². The molecule has 0 aliphatic carbocycles. The topological polar surface area (TPSA) is 73.9 Å². The van der Waals surface area contributed by atoms with Gasteiger partial charge >= 0.3 is 6.18 Å². The van der Waals surface area contributed by atoms with E-state index < -0.39 is 11.7 Å².